The largest absolute Gasteiger partial charge is 0.352 e. The summed E-state index contributed by atoms with van der Waals surface area (Å²) in [6, 6.07) is 8.49. The minimum atomic E-state index is 0.327. The first-order valence-electron chi connectivity index (χ1n) is 6.16. The average Bonchev–Trinajstić information content (AvgIpc) is 2.46. The third kappa shape index (κ3) is 2.40. The zero-order chi connectivity index (χ0) is 13.2. The van der Waals surface area contributed by atoms with E-state index in [-0.39, 0.29) is 0 Å². The average molecular weight is 294 g/mol. The summed E-state index contributed by atoms with van der Waals surface area (Å²) in [7, 11) is 0. The van der Waals surface area contributed by atoms with Gasteiger partial charge in [-0.1, -0.05) is 35.9 Å². The molecule has 0 saturated carbocycles. The summed E-state index contributed by atoms with van der Waals surface area (Å²) in [5.41, 5.74) is 3.56. The van der Waals surface area contributed by atoms with Crippen molar-refractivity contribution >= 4 is 29.0 Å². The number of hydrogen-bond donors (Lipinski definition) is 0. The molecule has 19 heavy (non-hydrogen) atoms. The smallest absolute Gasteiger partial charge is 0.138 e. The summed E-state index contributed by atoms with van der Waals surface area (Å²) < 4.78 is 0. The maximum Gasteiger partial charge on any atom is 0.138 e. The Morgan fingerprint density at radius 3 is 2.74 bits per heavy atom. The van der Waals surface area contributed by atoms with E-state index in [0.29, 0.717) is 11.0 Å². The molecule has 0 aliphatic carbocycles. The Morgan fingerprint density at radius 1 is 1.16 bits per heavy atom. The highest BCUT2D eigenvalue weighted by atomic mass is 35.5. The Hall–Kier alpha value is -1.32. The fourth-order valence-electron chi connectivity index (χ4n) is 2.45. The highest BCUT2D eigenvalue weighted by Crippen LogP contribution is 2.29. The lowest BCUT2D eigenvalue weighted by Crippen LogP contribution is -2.31. The number of alkyl halides is 1. The van der Waals surface area contributed by atoms with E-state index < -0.39 is 0 Å². The molecule has 0 atom stereocenters. The molecule has 0 unspecified atom stereocenters. The number of rotatable bonds is 2. The van der Waals surface area contributed by atoms with E-state index in [2.05, 4.69) is 39.1 Å². The van der Waals surface area contributed by atoms with Gasteiger partial charge in [0.15, 0.2) is 0 Å². The number of aromatic nitrogens is 2. The van der Waals surface area contributed by atoms with E-state index in [1.165, 1.54) is 17.5 Å². The van der Waals surface area contributed by atoms with Crippen molar-refractivity contribution in [3.8, 4) is 0 Å². The predicted molar refractivity (Wildman–Crippen MR) is 77.8 cm³/mol. The van der Waals surface area contributed by atoms with Crippen molar-refractivity contribution in [1.82, 2.24) is 9.97 Å². The van der Waals surface area contributed by atoms with Crippen molar-refractivity contribution in [2.75, 3.05) is 11.4 Å². The van der Waals surface area contributed by atoms with Gasteiger partial charge in [0.25, 0.3) is 0 Å². The predicted octanol–water partition coefficient (Wildman–Crippen LogP) is 3.43. The molecule has 3 rings (SSSR count). The fraction of sp³-hybridized carbons (Fsp3) is 0.286. The molecule has 2 aromatic rings. The van der Waals surface area contributed by atoms with E-state index in [9.17, 15) is 0 Å². The first kappa shape index (κ1) is 12.7. The van der Waals surface area contributed by atoms with Crippen LogP contribution >= 0.6 is 23.2 Å². The van der Waals surface area contributed by atoms with Crippen molar-refractivity contribution in [3.63, 3.8) is 0 Å². The molecule has 5 heteroatoms. The highest BCUT2D eigenvalue weighted by Gasteiger charge is 2.20. The van der Waals surface area contributed by atoms with Gasteiger partial charge >= 0.3 is 0 Å². The molecule has 0 bridgehead atoms. The molecule has 1 aliphatic rings. The fourth-order valence-corrected chi connectivity index (χ4v) is 2.96. The van der Waals surface area contributed by atoms with Crippen LogP contribution in [0.5, 0.6) is 0 Å². The van der Waals surface area contributed by atoms with Gasteiger partial charge in [0.05, 0.1) is 5.88 Å². The van der Waals surface area contributed by atoms with E-state index in [1.54, 1.807) is 0 Å². The molecule has 0 fully saturated rings. The second-order valence-corrected chi connectivity index (χ2v) is 5.17. The third-order valence-corrected chi connectivity index (χ3v) is 4.03. The first-order valence-corrected chi connectivity index (χ1v) is 7.08. The zero-order valence-corrected chi connectivity index (χ0v) is 11.8. The molecule has 0 N–H and O–H groups in total. The number of fused-ring (bicyclic) bond motifs is 1. The van der Waals surface area contributed by atoms with Gasteiger partial charge < -0.3 is 4.90 Å². The lowest BCUT2D eigenvalue weighted by Gasteiger charge is -2.30. The van der Waals surface area contributed by atoms with Crippen molar-refractivity contribution in [3.05, 3.63) is 52.4 Å². The molecule has 0 spiro atoms. The van der Waals surface area contributed by atoms with Gasteiger partial charge in [0.2, 0.25) is 0 Å². The standard InChI is InChI=1S/C14H13Cl2N3/c15-7-12-13(16)17-9-18-14(12)19-6-5-10-3-1-2-4-11(10)8-19/h1-4,9H,5-8H2. The van der Waals surface area contributed by atoms with Crippen LogP contribution in [0.2, 0.25) is 5.15 Å². The molecule has 0 saturated heterocycles. The maximum atomic E-state index is 6.09. The highest BCUT2D eigenvalue weighted by molar-refractivity contribution is 6.31. The summed E-state index contributed by atoms with van der Waals surface area (Å²) in [5, 5.41) is 0.443. The van der Waals surface area contributed by atoms with Crippen LogP contribution in [0.3, 0.4) is 0 Å². The van der Waals surface area contributed by atoms with Crippen molar-refractivity contribution in [1.29, 1.82) is 0 Å². The van der Waals surface area contributed by atoms with Crippen LogP contribution in [0.1, 0.15) is 16.7 Å². The Morgan fingerprint density at radius 2 is 1.95 bits per heavy atom. The summed E-state index contributed by atoms with van der Waals surface area (Å²) in [5.74, 6) is 1.18. The van der Waals surface area contributed by atoms with Gasteiger partial charge in [-0.2, -0.15) is 0 Å². The van der Waals surface area contributed by atoms with Crippen LogP contribution in [0.15, 0.2) is 30.6 Å². The topological polar surface area (TPSA) is 29.0 Å². The second kappa shape index (κ2) is 5.35. The van der Waals surface area contributed by atoms with Gasteiger partial charge in [0, 0.05) is 18.7 Å². The van der Waals surface area contributed by atoms with E-state index in [4.69, 9.17) is 23.2 Å². The Bertz CT molecular complexity index is 601. The van der Waals surface area contributed by atoms with E-state index in [1.807, 2.05) is 0 Å². The second-order valence-electron chi connectivity index (χ2n) is 4.54. The summed E-state index contributed by atoms with van der Waals surface area (Å²) in [6.45, 7) is 1.77. The summed E-state index contributed by atoms with van der Waals surface area (Å²) in [6.07, 6.45) is 2.51. The van der Waals surface area contributed by atoms with Gasteiger partial charge in [0.1, 0.15) is 17.3 Å². The lowest BCUT2D eigenvalue weighted by atomic mass is 10.00. The number of anilines is 1. The van der Waals surface area contributed by atoms with Crippen molar-refractivity contribution in [2.24, 2.45) is 0 Å². The van der Waals surface area contributed by atoms with Crippen molar-refractivity contribution < 1.29 is 0 Å². The quantitative estimate of drug-likeness (QED) is 0.627. The molecule has 1 aromatic heterocycles. The molecule has 0 radical (unpaired) electrons. The SMILES string of the molecule is ClCc1c(Cl)ncnc1N1CCc2ccccc2C1. The zero-order valence-electron chi connectivity index (χ0n) is 10.3. The Balaban J connectivity index is 1.95. The number of nitrogens with zero attached hydrogens (tertiary/aromatic N) is 3. The molecule has 1 aromatic carbocycles. The molecular weight excluding hydrogens is 281 g/mol. The molecule has 0 amide bonds. The molecular formula is C14H13Cl2N3. The normalized spacial score (nSPS) is 14.3. The lowest BCUT2D eigenvalue weighted by molar-refractivity contribution is 0.715. The Labute approximate surface area is 122 Å². The van der Waals surface area contributed by atoms with E-state index >= 15 is 0 Å². The maximum absolute atomic E-state index is 6.09. The number of halogens is 2. The van der Waals surface area contributed by atoms with Crippen LogP contribution in [0.4, 0.5) is 5.82 Å². The van der Waals surface area contributed by atoms with Crippen LogP contribution in [0, 0.1) is 0 Å². The summed E-state index contributed by atoms with van der Waals surface area (Å²) >= 11 is 12.1. The minimum Gasteiger partial charge on any atom is -0.352 e. The van der Waals surface area contributed by atoms with Gasteiger partial charge in [-0.05, 0) is 17.5 Å². The first-order chi connectivity index (χ1) is 9.29. The molecule has 1 aliphatic heterocycles. The third-order valence-electron chi connectivity index (χ3n) is 3.43. The van der Waals surface area contributed by atoms with Gasteiger partial charge in [-0.25, -0.2) is 9.97 Å². The van der Waals surface area contributed by atoms with Crippen molar-refractivity contribution in [2.45, 2.75) is 18.8 Å². The number of benzene rings is 1. The van der Waals surface area contributed by atoms with Crippen LogP contribution in [-0.2, 0) is 18.8 Å². The number of hydrogen-bond acceptors (Lipinski definition) is 3. The van der Waals surface area contributed by atoms with Crippen LogP contribution < -0.4 is 4.90 Å². The summed E-state index contributed by atoms with van der Waals surface area (Å²) in [4.78, 5) is 10.6. The van der Waals surface area contributed by atoms with E-state index in [0.717, 1.165) is 30.9 Å². The minimum absolute atomic E-state index is 0.327. The van der Waals surface area contributed by atoms with Gasteiger partial charge in [-0.15, -0.1) is 11.6 Å². The Kier molecular flexibility index (Phi) is 3.58. The van der Waals surface area contributed by atoms with Crippen LogP contribution in [-0.4, -0.2) is 16.5 Å². The van der Waals surface area contributed by atoms with Crippen LogP contribution in [0.25, 0.3) is 0 Å². The van der Waals surface area contributed by atoms with Gasteiger partial charge in [-0.3, -0.25) is 0 Å². The monoisotopic (exact) mass is 293 g/mol. The molecule has 3 nitrogen and oxygen atoms in total. The molecule has 98 valence electrons. The molecule has 2 heterocycles.